The van der Waals surface area contributed by atoms with Gasteiger partial charge in [0, 0.05) is 11.0 Å². The lowest BCUT2D eigenvalue weighted by atomic mass is 10.2. The summed E-state index contributed by atoms with van der Waals surface area (Å²) in [7, 11) is 3.08. The molecule has 33 heavy (non-hydrogen) atoms. The predicted molar refractivity (Wildman–Crippen MR) is 131 cm³/mol. The largest absolute Gasteiger partial charge is 0.497 e. The fourth-order valence-corrected chi connectivity index (χ4v) is 4.47. The van der Waals surface area contributed by atoms with E-state index in [1.807, 2.05) is 31.2 Å². The van der Waals surface area contributed by atoms with Crippen LogP contribution in [0.3, 0.4) is 0 Å². The molecule has 0 spiro atoms. The number of nitrogens with one attached hydrogen (secondary N) is 1. The van der Waals surface area contributed by atoms with Crippen LogP contribution in [0.25, 0.3) is 0 Å². The second-order valence-corrected chi connectivity index (χ2v) is 8.70. The molecule has 1 N–H and O–H groups in total. The van der Waals surface area contributed by atoms with Gasteiger partial charge in [0.2, 0.25) is 0 Å². The highest BCUT2D eigenvalue weighted by Gasteiger charge is 2.41. The molecule has 0 radical (unpaired) electrons. The summed E-state index contributed by atoms with van der Waals surface area (Å²) in [6.45, 7) is 1.99. The van der Waals surface area contributed by atoms with Crippen LogP contribution in [-0.2, 0) is 9.59 Å². The van der Waals surface area contributed by atoms with E-state index in [9.17, 15) is 9.59 Å². The molecule has 0 saturated heterocycles. The number of aryl methyl sites for hydroxylation is 1. The van der Waals surface area contributed by atoms with Crippen molar-refractivity contribution >= 4 is 46.6 Å². The minimum Gasteiger partial charge on any atom is -0.497 e. The van der Waals surface area contributed by atoms with Crippen molar-refractivity contribution in [2.75, 3.05) is 24.4 Å². The van der Waals surface area contributed by atoms with E-state index < -0.39 is 11.8 Å². The van der Waals surface area contributed by atoms with Gasteiger partial charge in [-0.05, 0) is 43.3 Å². The normalized spacial score (nSPS) is 13.5. The van der Waals surface area contributed by atoms with Crippen molar-refractivity contribution in [2.24, 2.45) is 0 Å². The van der Waals surface area contributed by atoms with Gasteiger partial charge in [0.1, 0.15) is 22.1 Å². The van der Waals surface area contributed by atoms with E-state index in [4.69, 9.17) is 21.1 Å². The van der Waals surface area contributed by atoms with Crippen LogP contribution in [-0.4, -0.2) is 26.0 Å². The number of anilines is 2. The van der Waals surface area contributed by atoms with E-state index in [0.717, 1.165) is 15.4 Å². The molecule has 0 saturated carbocycles. The van der Waals surface area contributed by atoms with E-state index in [-0.39, 0.29) is 10.6 Å². The second kappa shape index (κ2) is 9.60. The lowest BCUT2D eigenvalue weighted by Crippen LogP contribution is -2.32. The molecular formula is C25H21ClN2O4S. The summed E-state index contributed by atoms with van der Waals surface area (Å²) in [5.41, 5.74) is 2.10. The topological polar surface area (TPSA) is 67.9 Å². The van der Waals surface area contributed by atoms with Gasteiger partial charge < -0.3 is 14.8 Å². The molecule has 3 aromatic rings. The van der Waals surface area contributed by atoms with Gasteiger partial charge in [0.05, 0.1) is 30.6 Å². The number of para-hydroxylation sites is 1. The molecule has 3 aromatic carbocycles. The number of halogens is 1. The summed E-state index contributed by atoms with van der Waals surface area (Å²) in [5.74, 6) is 0.124. The maximum absolute atomic E-state index is 13.5. The van der Waals surface area contributed by atoms with E-state index >= 15 is 0 Å². The number of rotatable bonds is 7. The van der Waals surface area contributed by atoms with Crippen LogP contribution in [0, 0.1) is 6.92 Å². The molecule has 168 valence electrons. The van der Waals surface area contributed by atoms with Gasteiger partial charge in [0.25, 0.3) is 11.8 Å². The maximum Gasteiger partial charge on any atom is 0.283 e. The van der Waals surface area contributed by atoms with Crippen molar-refractivity contribution < 1.29 is 19.1 Å². The fraction of sp³-hybridized carbons (Fsp3) is 0.120. The Morgan fingerprint density at radius 2 is 1.64 bits per heavy atom. The minimum absolute atomic E-state index is 0.147. The molecule has 1 heterocycles. The van der Waals surface area contributed by atoms with E-state index in [0.29, 0.717) is 27.9 Å². The third kappa shape index (κ3) is 4.55. The summed E-state index contributed by atoms with van der Waals surface area (Å²) < 4.78 is 10.7. The Labute approximate surface area is 201 Å². The van der Waals surface area contributed by atoms with Gasteiger partial charge in [-0.15, -0.1) is 0 Å². The van der Waals surface area contributed by atoms with Crippen molar-refractivity contribution in [1.29, 1.82) is 0 Å². The number of ether oxygens (including phenoxy) is 2. The SMILES string of the molecule is COc1ccc(NC2=C(Sc3ccc(C)cc3)C(=O)N(c3ccccc3Cl)C2=O)c(OC)c1. The number of hydrogen-bond acceptors (Lipinski definition) is 6. The van der Waals surface area contributed by atoms with E-state index in [1.54, 1.807) is 49.6 Å². The van der Waals surface area contributed by atoms with Gasteiger partial charge in [-0.1, -0.05) is 53.2 Å². The predicted octanol–water partition coefficient (Wildman–Crippen LogP) is 5.65. The third-order valence-corrected chi connectivity index (χ3v) is 6.45. The number of benzene rings is 3. The zero-order chi connectivity index (χ0) is 23.5. The number of thioether (sulfide) groups is 1. The first-order chi connectivity index (χ1) is 15.9. The Hall–Kier alpha value is -3.42. The first-order valence-electron chi connectivity index (χ1n) is 10.0. The lowest BCUT2D eigenvalue weighted by Gasteiger charge is -2.17. The summed E-state index contributed by atoms with van der Waals surface area (Å²) >= 11 is 7.54. The molecule has 0 aliphatic carbocycles. The zero-order valence-electron chi connectivity index (χ0n) is 18.2. The van der Waals surface area contributed by atoms with Crippen molar-refractivity contribution in [3.05, 3.63) is 87.9 Å². The first kappa shape index (κ1) is 22.8. The smallest absolute Gasteiger partial charge is 0.283 e. The van der Waals surface area contributed by atoms with Gasteiger partial charge in [-0.2, -0.15) is 0 Å². The third-order valence-electron chi connectivity index (χ3n) is 5.04. The van der Waals surface area contributed by atoms with Crippen LogP contribution in [0.15, 0.2) is 82.2 Å². The van der Waals surface area contributed by atoms with Crippen molar-refractivity contribution in [1.82, 2.24) is 0 Å². The van der Waals surface area contributed by atoms with Crippen LogP contribution >= 0.6 is 23.4 Å². The van der Waals surface area contributed by atoms with Crippen LogP contribution < -0.4 is 19.7 Å². The fourth-order valence-electron chi connectivity index (χ4n) is 3.33. The van der Waals surface area contributed by atoms with Crippen LogP contribution in [0.1, 0.15) is 5.56 Å². The van der Waals surface area contributed by atoms with Crippen LogP contribution in [0.2, 0.25) is 5.02 Å². The second-order valence-electron chi connectivity index (χ2n) is 7.21. The molecule has 0 unspecified atom stereocenters. The molecule has 2 amide bonds. The standard InChI is InChI=1S/C25H21ClN2O4S/c1-15-8-11-17(12-9-15)33-23-22(27-19-13-10-16(31-2)14-21(19)32-3)24(29)28(25(23)30)20-7-5-4-6-18(20)26/h4-14,27H,1-3H3. The number of carbonyl (C=O) groups excluding carboxylic acids is 2. The highest BCUT2D eigenvalue weighted by molar-refractivity contribution is 8.04. The summed E-state index contributed by atoms with van der Waals surface area (Å²) in [5, 5.41) is 3.42. The van der Waals surface area contributed by atoms with Crippen molar-refractivity contribution in [3.8, 4) is 11.5 Å². The molecule has 1 aliphatic heterocycles. The van der Waals surface area contributed by atoms with Gasteiger partial charge in [-0.25, -0.2) is 4.90 Å². The molecule has 1 aliphatic rings. The highest BCUT2D eigenvalue weighted by atomic mass is 35.5. The Morgan fingerprint density at radius 3 is 2.30 bits per heavy atom. The van der Waals surface area contributed by atoms with Gasteiger partial charge in [-0.3, -0.25) is 9.59 Å². The molecule has 0 fully saturated rings. The Bertz CT molecular complexity index is 1260. The summed E-state index contributed by atoms with van der Waals surface area (Å²) in [6.07, 6.45) is 0. The highest BCUT2D eigenvalue weighted by Crippen LogP contribution is 2.41. The van der Waals surface area contributed by atoms with Gasteiger partial charge >= 0.3 is 0 Å². The first-order valence-corrected chi connectivity index (χ1v) is 11.2. The number of carbonyl (C=O) groups is 2. The van der Waals surface area contributed by atoms with Crippen molar-refractivity contribution in [2.45, 2.75) is 11.8 Å². The molecule has 6 nitrogen and oxygen atoms in total. The van der Waals surface area contributed by atoms with Gasteiger partial charge in [0.15, 0.2) is 0 Å². The monoisotopic (exact) mass is 480 g/mol. The van der Waals surface area contributed by atoms with Crippen LogP contribution in [0.4, 0.5) is 11.4 Å². The Balaban J connectivity index is 1.78. The average molecular weight is 481 g/mol. The zero-order valence-corrected chi connectivity index (χ0v) is 19.8. The quantitative estimate of drug-likeness (QED) is 0.440. The molecule has 0 atom stereocenters. The maximum atomic E-state index is 13.5. The minimum atomic E-state index is -0.499. The molecule has 4 rings (SSSR count). The number of nitrogens with zero attached hydrogens (tertiary/aromatic N) is 1. The number of hydrogen-bond donors (Lipinski definition) is 1. The molecule has 0 aromatic heterocycles. The molecule has 0 bridgehead atoms. The summed E-state index contributed by atoms with van der Waals surface area (Å²) in [6, 6.07) is 19.7. The number of imide groups is 1. The molecular weight excluding hydrogens is 460 g/mol. The van der Waals surface area contributed by atoms with Crippen LogP contribution in [0.5, 0.6) is 11.5 Å². The Kier molecular flexibility index (Phi) is 6.62. The van der Waals surface area contributed by atoms with Crippen molar-refractivity contribution in [3.63, 3.8) is 0 Å². The summed E-state index contributed by atoms with van der Waals surface area (Å²) in [4.78, 5) is 29.2. The van der Waals surface area contributed by atoms with E-state index in [2.05, 4.69) is 5.32 Å². The van der Waals surface area contributed by atoms with E-state index in [1.165, 1.54) is 18.9 Å². The molecule has 8 heteroatoms. The number of methoxy groups -OCH3 is 2. The number of amides is 2. The lowest BCUT2D eigenvalue weighted by molar-refractivity contribution is -0.120. The Morgan fingerprint density at radius 1 is 0.909 bits per heavy atom. The average Bonchev–Trinajstić information content (AvgIpc) is 3.05.